The number of aromatic nitrogens is 2. The zero-order valence-corrected chi connectivity index (χ0v) is 11.0. The van der Waals surface area contributed by atoms with Crippen molar-refractivity contribution in [2.45, 2.75) is 33.4 Å². The number of hydrogen-bond acceptors (Lipinski definition) is 3. The van der Waals surface area contributed by atoms with Crippen molar-refractivity contribution in [2.75, 3.05) is 11.1 Å². The number of hydrogen-bond donors (Lipinski definition) is 2. The normalized spacial score (nSPS) is 10.6. The van der Waals surface area contributed by atoms with E-state index in [-0.39, 0.29) is 0 Å². The topological polar surface area (TPSA) is 55.9 Å². The van der Waals surface area contributed by atoms with E-state index in [4.69, 9.17) is 5.73 Å². The van der Waals surface area contributed by atoms with E-state index in [1.807, 2.05) is 29.8 Å². The molecule has 0 amide bonds. The molecule has 1 aromatic heterocycles. The minimum absolute atomic E-state index is 0.749. The van der Waals surface area contributed by atoms with Crippen LogP contribution in [0.2, 0.25) is 0 Å². The van der Waals surface area contributed by atoms with E-state index < -0.39 is 0 Å². The van der Waals surface area contributed by atoms with Crippen molar-refractivity contribution in [1.29, 1.82) is 0 Å². The van der Waals surface area contributed by atoms with Gasteiger partial charge in [0.15, 0.2) is 0 Å². The van der Waals surface area contributed by atoms with E-state index in [0.717, 1.165) is 36.7 Å². The van der Waals surface area contributed by atoms with Crippen LogP contribution in [-0.2, 0) is 13.1 Å². The molecule has 0 aliphatic carbocycles. The number of nitrogen functional groups attached to an aromatic ring is 1. The molecule has 2 rings (SSSR count). The highest BCUT2D eigenvalue weighted by Crippen LogP contribution is 2.23. The van der Waals surface area contributed by atoms with Crippen LogP contribution in [0, 0.1) is 6.92 Å². The molecular formula is C14H20N4. The molecule has 0 saturated heterocycles. The Morgan fingerprint density at radius 2 is 2.00 bits per heavy atom. The SMILES string of the molecule is CCCn1nc(C)c(N)c1NCc1ccccc1. The number of nitrogens with zero attached hydrogens (tertiary/aromatic N) is 2. The first-order valence-electron chi connectivity index (χ1n) is 6.33. The summed E-state index contributed by atoms with van der Waals surface area (Å²) in [5.74, 6) is 0.929. The predicted octanol–water partition coefficient (Wildman–Crippen LogP) is 2.80. The molecule has 3 N–H and O–H groups in total. The molecule has 0 atom stereocenters. The van der Waals surface area contributed by atoms with Gasteiger partial charge >= 0.3 is 0 Å². The van der Waals surface area contributed by atoms with Gasteiger partial charge in [0.1, 0.15) is 5.82 Å². The summed E-state index contributed by atoms with van der Waals surface area (Å²) in [4.78, 5) is 0. The third-order valence-electron chi connectivity index (χ3n) is 2.91. The molecule has 2 aromatic rings. The highest BCUT2D eigenvalue weighted by Gasteiger charge is 2.11. The Morgan fingerprint density at radius 3 is 2.67 bits per heavy atom. The van der Waals surface area contributed by atoms with Gasteiger partial charge in [0.2, 0.25) is 0 Å². The lowest BCUT2D eigenvalue weighted by molar-refractivity contribution is 0.603. The standard InChI is InChI=1S/C14H20N4/c1-3-9-18-14(13(15)11(2)17-18)16-10-12-7-5-4-6-8-12/h4-8,16H,3,9-10,15H2,1-2H3. The Kier molecular flexibility index (Phi) is 3.87. The first-order valence-corrected chi connectivity index (χ1v) is 6.33. The fourth-order valence-corrected chi connectivity index (χ4v) is 1.94. The lowest BCUT2D eigenvalue weighted by Gasteiger charge is -2.10. The summed E-state index contributed by atoms with van der Waals surface area (Å²) in [7, 11) is 0. The van der Waals surface area contributed by atoms with Gasteiger partial charge in [-0.3, -0.25) is 0 Å². The van der Waals surface area contributed by atoms with Crippen LogP contribution in [0.4, 0.5) is 11.5 Å². The fraction of sp³-hybridized carbons (Fsp3) is 0.357. The molecule has 0 bridgehead atoms. The van der Waals surface area contributed by atoms with Crippen LogP contribution in [0.25, 0.3) is 0 Å². The maximum absolute atomic E-state index is 6.05. The molecule has 0 aliphatic rings. The summed E-state index contributed by atoms with van der Waals surface area (Å²) in [5.41, 5.74) is 8.92. The van der Waals surface area contributed by atoms with Gasteiger partial charge in [0, 0.05) is 13.1 Å². The minimum Gasteiger partial charge on any atom is -0.394 e. The van der Waals surface area contributed by atoms with Crippen LogP contribution >= 0.6 is 0 Å². The minimum atomic E-state index is 0.749. The fourth-order valence-electron chi connectivity index (χ4n) is 1.94. The quantitative estimate of drug-likeness (QED) is 0.850. The number of aryl methyl sites for hydroxylation is 2. The Labute approximate surface area is 108 Å². The number of nitrogens with one attached hydrogen (secondary N) is 1. The lowest BCUT2D eigenvalue weighted by Crippen LogP contribution is -2.09. The molecule has 0 aliphatic heterocycles. The second kappa shape index (κ2) is 5.58. The maximum atomic E-state index is 6.05. The van der Waals surface area contributed by atoms with Crippen molar-refractivity contribution in [3.05, 3.63) is 41.6 Å². The zero-order valence-electron chi connectivity index (χ0n) is 11.0. The van der Waals surface area contributed by atoms with Gasteiger partial charge in [0.05, 0.1) is 11.4 Å². The van der Waals surface area contributed by atoms with E-state index in [2.05, 4.69) is 29.5 Å². The third-order valence-corrected chi connectivity index (χ3v) is 2.91. The van der Waals surface area contributed by atoms with Crippen LogP contribution in [0.15, 0.2) is 30.3 Å². The van der Waals surface area contributed by atoms with Crippen LogP contribution in [0.1, 0.15) is 24.6 Å². The van der Waals surface area contributed by atoms with Gasteiger partial charge in [-0.25, -0.2) is 4.68 Å². The smallest absolute Gasteiger partial charge is 0.148 e. The molecule has 0 fully saturated rings. The molecule has 18 heavy (non-hydrogen) atoms. The number of benzene rings is 1. The Morgan fingerprint density at radius 1 is 1.28 bits per heavy atom. The number of nitrogens with two attached hydrogens (primary N) is 1. The second-order valence-corrected chi connectivity index (χ2v) is 4.41. The van der Waals surface area contributed by atoms with Gasteiger partial charge in [-0.1, -0.05) is 37.3 Å². The molecule has 96 valence electrons. The van der Waals surface area contributed by atoms with Crippen molar-refractivity contribution < 1.29 is 0 Å². The lowest BCUT2D eigenvalue weighted by atomic mass is 10.2. The van der Waals surface area contributed by atoms with Gasteiger partial charge in [0.25, 0.3) is 0 Å². The maximum Gasteiger partial charge on any atom is 0.148 e. The van der Waals surface area contributed by atoms with Crippen molar-refractivity contribution in [3.63, 3.8) is 0 Å². The zero-order chi connectivity index (χ0) is 13.0. The summed E-state index contributed by atoms with van der Waals surface area (Å²) in [5, 5.41) is 7.82. The first-order chi connectivity index (χ1) is 8.72. The van der Waals surface area contributed by atoms with Gasteiger partial charge < -0.3 is 11.1 Å². The van der Waals surface area contributed by atoms with Gasteiger partial charge in [-0.05, 0) is 18.9 Å². The average Bonchev–Trinajstić information content (AvgIpc) is 2.65. The monoisotopic (exact) mass is 244 g/mol. The van der Waals surface area contributed by atoms with E-state index in [9.17, 15) is 0 Å². The summed E-state index contributed by atoms with van der Waals surface area (Å²) in [6.45, 7) is 5.72. The largest absolute Gasteiger partial charge is 0.394 e. The molecule has 0 spiro atoms. The van der Waals surface area contributed by atoms with Crippen LogP contribution in [0.5, 0.6) is 0 Å². The Hall–Kier alpha value is -1.97. The predicted molar refractivity (Wildman–Crippen MR) is 75.4 cm³/mol. The van der Waals surface area contributed by atoms with Gasteiger partial charge in [-0.2, -0.15) is 5.10 Å². The van der Waals surface area contributed by atoms with Crippen molar-refractivity contribution >= 4 is 11.5 Å². The van der Waals surface area contributed by atoms with Crippen LogP contribution < -0.4 is 11.1 Å². The molecular weight excluding hydrogens is 224 g/mol. The van der Waals surface area contributed by atoms with E-state index in [1.165, 1.54) is 5.56 Å². The summed E-state index contributed by atoms with van der Waals surface area (Å²) in [6.07, 6.45) is 1.04. The molecule has 0 saturated carbocycles. The van der Waals surface area contributed by atoms with E-state index >= 15 is 0 Å². The van der Waals surface area contributed by atoms with Crippen LogP contribution in [-0.4, -0.2) is 9.78 Å². The first kappa shape index (κ1) is 12.5. The average molecular weight is 244 g/mol. The molecule has 4 nitrogen and oxygen atoms in total. The third kappa shape index (κ3) is 2.64. The van der Waals surface area contributed by atoms with Crippen LogP contribution in [0.3, 0.4) is 0 Å². The Bertz CT molecular complexity index is 502. The molecule has 1 aromatic carbocycles. The molecule has 0 unspecified atom stereocenters. The van der Waals surface area contributed by atoms with E-state index in [0.29, 0.717) is 0 Å². The highest BCUT2D eigenvalue weighted by atomic mass is 15.3. The van der Waals surface area contributed by atoms with E-state index in [1.54, 1.807) is 0 Å². The summed E-state index contributed by atoms with van der Waals surface area (Å²) < 4.78 is 1.95. The number of anilines is 2. The van der Waals surface area contributed by atoms with Crippen molar-refractivity contribution in [2.24, 2.45) is 0 Å². The molecule has 0 radical (unpaired) electrons. The summed E-state index contributed by atoms with van der Waals surface area (Å²) >= 11 is 0. The van der Waals surface area contributed by atoms with Gasteiger partial charge in [-0.15, -0.1) is 0 Å². The molecule has 4 heteroatoms. The Balaban J connectivity index is 2.13. The summed E-state index contributed by atoms with van der Waals surface area (Å²) in [6, 6.07) is 10.3. The number of rotatable bonds is 5. The molecule has 1 heterocycles. The highest BCUT2D eigenvalue weighted by molar-refractivity contribution is 5.64. The van der Waals surface area contributed by atoms with Crippen molar-refractivity contribution in [1.82, 2.24) is 9.78 Å². The second-order valence-electron chi connectivity index (χ2n) is 4.41. The van der Waals surface area contributed by atoms with Crippen molar-refractivity contribution in [3.8, 4) is 0 Å².